The summed E-state index contributed by atoms with van der Waals surface area (Å²) in [5, 5.41) is 4.90. The molecule has 0 saturated heterocycles. The summed E-state index contributed by atoms with van der Waals surface area (Å²) in [5.41, 5.74) is 5.82. The number of aromatic nitrogens is 1. The Morgan fingerprint density at radius 2 is 1.41 bits per heavy atom. The van der Waals surface area contributed by atoms with Crippen LogP contribution in [0.4, 0.5) is 9.59 Å². The van der Waals surface area contributed by atoms with Gasteiger partial charge < -0.3 is 24.7 Å². The molecule has 7 nitrogen and oxygen atoms in total. The van der Waals surface area contributed by atoms with Crippen LogP contribution in [0.3, 0.4) is 0 Å². The van der Waals surface area contributed by atoms with Crippen molar-refractivity contribution in [2.75, 3.05) is 14.1 Å². The third kappa shape index (κ3) is 5.10. The van der Waals surface area contributed by atoms with E-state index in [0.29, 0.717) is 0 Å². The Balaban J connectivity index is 2.51. The number of benzene rings is 1. The largest absolute Gasteiger partial charge is 0.445 e. The lowest BCUT2D eigenvalue weighted by Crippen LogP contribution is -2.20. The SMILES string of the molecule is CNC(=O)OCc1c(COC(=O)NC)c(-c2ccc(C(C)(C)C)cc2)n(C)c1C. The lowest BCUT2D eigenvalue weighted by atomic mass is 9.86. The van der Waals surface area contributed by atoms with Crippen LogP contribution in [-0.4, -0.2) is 30.8 Å². The molecule has 2 amide bonds. The average Bonchev–Trinajstić information content (AvgIpc) is 2.93. The summed E-state index contributed by atoms with van der Waals surface area (Å²) in [4.78, 5) is 23.2. The smallest absolute Gasteiger partial charge is 0.407 e. The summed E-state index contributed by atoms with van der Waals surface area (Å²) in [7, 11) is 4.98. The summed E-state index contributed by atoms with van der Waals surface area (Å²) in [5.74, 6) is 0. The third-order valence-corrected chi connectivity index (χ3v) is 5.05. The van der Waals surface area contributed by atoms with Gasteiger partial charge in [-0.1, -0.05) is 45.0 Å². The van der Waals surface area contributed by atoms with Crippen molar-refractivity contribution in [2.24, 2.45) is 7.05 Å². The number of rotatable bonds is 5. The molecule has 2 aromatic rings. The number of amides is 2. The van der Waals surface area contributed by atoms with Gasteiger partial charge in [-0.25, -0.2) is 9.59 Å². The summed E-state index contributed by atoms with van der Waals surface area (Å²) < 4.78 is 12.7. The minimum absolute atomic E-state index is 0.0559. The van der Waals surface area contributed by atoms with Gasteiger partial charge in [0.2, 0.25) is 0 Å². The van der Waals surface area contributed by atoms with E-state index in [9.17, 15) is 9.59 Å². The van der Waals surface area contributed by atoms with Crippen LogP contribution in [0, 0.1) is 6.92 Å². The zero-order valence-electron chi connectivity index (χ0n) is 18.3. The van der Waals surface area contributed by atoms with Gasteiger partial charge in [0, 0.05) is 38.0 Å². The summed E-state index contributed by atoms with van der Waals surface area (Å²) >= 11 is 0. The van der Waals surface area contributed by atoms with Crippen molar-refractivity contribution < 1.29 is 19.1 Å². The zero-order chi connectivity index (χ0) is 21.8. The maximum atomic E-state index is 11.7. The molecule has 1 heterocycles. The molecule has 0 aliphatic carbocycles. The maximum Gasteiger partial charge on any atom is 0.407 e. The quantitative estimate of drug-likeness (QED) is 0.793. The van der Waals surface area contributed by atoms with Crippen LogP contribution in [0.2, 0.25) is 0 Å². The maximum absolute atomic E-state index is 11.7. The predicted octanol–water partition coefficient (Wildman–Crippen LogP) is 4.01. The highest BCUT2D eigenvalue weighted by atomic mass is 16.6. The van der Waals surface area contributed by atoms with Gasteiger partial charge in [0.05, 0.1) is 5.69 Å². The van der Waals surface area contributed by atoms with Crippen molar-refractivity contribution in [1.82, 2.24) is 15.2 Å². The average molecular weight is 402 g/mol. The molecule has 0 spiro atoms. The number of nitrogens with zero attached hydrogens (tertiary/aromatic N) is 1. The Bertz CT molecular complexity index is 877. The predicted molar refractivity (Wildman–Crippen MR) is 113 cm³/mol. The molecule has 0 aliphatic heterocycles. The molecular formula is C22H31N3O4. The highest BCUT2D eigenvalue weighted by Gasteiger charge is 2.22. The van der Waals surface area contributed by atoms with Crippen LogP contribution in [0.5, 0.6) is 0 Å². The molecular weight excluding hydrogens is 370 g/mol. The van der Waals surface area contributed by atoms with Gasteiger partial charge in [-0.05, 0) is 23.5 Å². The van der Waals surface area contributed by atoms with Crippen LogP contribution in [0.1, 0.15) is 43.2 Å². The first-order valence-electron chi connectivity index (χ1n) is 9.57. The second-order valence-electron chi connectivity index (χ2n) is 7.93. The van der Waals surface area contributed by atoms with Crippen molar-refractivity contribution in [3.63, 3.8) is 0 Å². The highest BCUT2D eigenvalue weighted by molar-refractivity contribution is 5.71. The Morgan fingerprint density at radius 1 is 0.931 bits per heavy atom. The van der Waals surface area contributed by atoms with E-state index in [1.54, 1.807) is 0 Å². The first kappa shape index (κ1) is 22.3. The van der Waals surface area contributed by atoms with Crippen molar-refractivity contribution in [1.29, 1.82) is 0 Å². The zero-order valence-corrected chi connectivity index (χ0v) is 18.3. The molecule has 7 heteroatoms. The number of alkyl carbamates (subject to hydrolysis) is 2. The number of carbonyl (C=O) groups is 2. The molecule has 1 aromatic carbocycles. The molecule has 0 bridgehead atoms. The monoisotopic (exact) mass is 401 g/mol. The van der Waals surface area contributed by atoms with Crippen molar-refractivity contribution in [3.8, 4) is 11.3 Å². The van der Waals surface area contributed by atoms with Gasteiger partial charge in [-0.15, -0.1) is 0 Å². The number of nitrogens with one attached hydrogen (secondary N) is 2. The minimum Gasteiger partial charge on any atom is -0.445 e. The Kier molecular flexibility index (Phi) is 6.95. The normalized spacial score (nSPS) is 11.1. The van der Waals surface area contributed by atoms with Gasteiger partial charge in [-0.3, -0.25) is 0 Å². The topological polar surface area (TPSA) is 81.6 Å². The number of carbonyl (C=O) groups excluding carboxylic acids is 2. The molecule has 0 aliphatic rings. The minimum atomic E-state index is -0.515. The molecule has 158 valence electrons. The fourth-order valence-electron chi connectivity index (χ4n) is 3.20. The molecule has 0 saturated carbocycles. The number of hydrogen-bond acceptors (Lipinski definition) is 4. The van der Waals surface area contributed by atoms with Crippen LogP contribution < -0.4 is 10.6 Å². The third-order valence-electron chi connectivity index (χ3n) is 5.05. The van der Waals surface area contributed by atoms with E-state index in [-0.39, 0.29) is 18.6 Å². The van der Waals surface area contributed by atoms with Crippen molar-refractivity contribution in [3.05, 3.63) is 46.6 Å². The summed E-state index contributed by atoms with van der Waals surface area (Å²) in [6.07, 6.45) is -1.03. The van der Waals surface area contributed by atoms with E-state index in [0.717, 1.165) is 28.1 Å². The second-order valence-corrected chi connectivity index (χ2v) is 7.93. The molecule has 2 N–H and O–H groups in total. The molecule has 0 atom stereocenters. The van der Waals surface area contributed by atoms with Gasteiger partial charge in [0.25, 0.3) is 0 Å². The van der Waals surface area contributed by atoms with E-state index >= 15 is 0 Å². The first-order valence-corrected chi connectivity index (χ1v) is 9.57. The lowest BCUT2D eigenvalue weighted by Gasteiger charge is -2.19. The van der Waals surface area contributed by atoms with Gasteiger partial charge in [0.15, 0.2) is 0 Å². The fraction of sp³-hybridized carbons (Fsp3) is 0.455. The van der Waals surface area contributed by atoms with Gasteiger partial charge in [-0.2, -0.15) is 0 Å². The molecule has 1 aromatic heterocycles. The standard InChI is InChI=1S/C22H31N3O4/c1-14-17(12-28-20(26)23-5)18(13-29-21(27)24-6)19(25(14)7)15-8-10-16(11-9-15)22(2,3)4/h8-11H,12-13H2,1-7H3,(H,23,26)(H,24,27). The molecule has 29 heavy (non-hydrogen) atoms. The Labute approximate surface area is 172 Å². The van der Waals surface area contributed by atoms with Gasteiger partial charge >= 0.3 is 12.2 Å². The summed E-state index contributed by atoms with van der Waals surface area (Å²) in [6.45, 7) is 8.64. The van der Waals surface area contributed by atoms with Crippen LogP contribution >= 0.6 is 0 Å². The van der Waals surface area contributed by atoms with E-state index in [2.05, 4.69) is 55.7 Å². The van der Waals surface area contributed by atoms with Crippen LogP contribution in [0.15, 0.2) is 24.3 Å². The number of hydrogen-bond donors (Lipinski definition) is 2. The lowest BCUT2D eigenvalue weighted by molar-refractivity contribution is 0.134. The van der Waals surface area contributed by atoms with Crippen molar-refractivity contribution in [2.45, 2.75) is 46.3 Å². The van der Waals surface area contributed by atoms with E-state index in [1.165, 1.54) is 19.7 Å². The molecule has 0 radical (unpaired) electrons. The second kappa shape index (κ2) is 9.03. The van der Waals surface area contributed by atoms with E-state index in [1.807, 2.05) is 18.5 Å². The van der Waals surface area contributed by atoms with Gasteiger partial charge in [0.1, 0.15) is 13.2 Å². The molecule has 2 rings (SSSR count). The summed E-state index contributed by atoms with van der Waals surface area (Å²) in [6, 6.07) is 8.37. The number of ether oxygens (including phenoxy) is 2. The van der Waals surface area contributed by atoms with E-state index < -0.39 is 12.2 Å². The first-order chi connectivity index (χ1) is 13.6. The highest BCUT2D eigenvalue weighted by Crippen LogP contribution is 2.33. The van der Waals surface area contributed by atoms with E-state index in [4.69, 9.17) is 9.47 Å². The Hall–Kier alpha value is -2.96. The molecule has 0 unspecified atom stereocenters. The molecule has 0 fully saturated rings. The van der Waals surface area contributed by atoms with Crippen molar-refractivity contribution >= 4 is 12.2 Å². The van der Waals surface area contributed by atoms with Crippen LogP contribution in [0.25, 0.3) is 11.3 Å². The fourth-order valence-corrected chi connectivity index (χ4v) is 3.20. The van der Waals surface area contributed by atoms with Crippen LogP contribution in [-0.2, 0) is 35.2 Å². The Morgan fingerprint density at radius 3 is 1.86 bits per heavy atom.